The predicted molar refractivity (Wildman–Crippen MR) is 140 cm³/mol. The van der Waals surface area contributed by atoms with Crippen molar-refractivity contribution in [2.75, 3.05) is 50.2 Å². The van der Waals surface area contributed by atoms with Crippen molar-refractivity contribution in [3.8, 4) is 11.5 Å². The lowest BCUT2D eigenvalue weighted by Crippen LogP contribution is -2.61. The highest BCUT2D eigenvalue weighted by molar-refractivity contribution is 5.82. The summed E-state index contributed by atoms with van der Waals surface area (Å²) in [5.74, 6) is 1.74. The Balaban J connectivity index is 1.30. The largest absolute Gasteiger partial charge is 0.497 e. The van der Waals surface area contributed by atoms with Gasteiger partial charge >= 0.3 is 0 Å². The van der Waals surface area contributed by atoms with E-state index in [0.717, 1.165) is 44.0 Å². The highest BCUT2D eigenvalue weighted by atomic mass is 16.5. The summed E-state index contributed by atoms with van der Waals surface area (Å²) in [5, 5.41) is 3.23. The Morgan fingerprint density at radius 2 is 1.60 bits per heavy atom. The van der Waals surface area contributed by atoms with E-state index >= 15 is 0 Å². The third-order valence-electron chi connectivity index (χ3n) is 7.27. The van der Waals surface area contributed by atoms with Crippen LogP contribution in [0.5, 0.6) is 11.5 Å². The molecule has 1 fully saturated rings. The summed E-state index contributed by atoms with van der Waals surface area (Å²) in [7, 11) is 3.35. The van der Waals surface area contributed by atoms with E-state index in [4.69, 9.17) is 9.47 Å². The first-order valence-electron chi connectivity index (χ1n) is 12.3. The van der Waals surface area contributed by atoms with Gasteiger partial charge in [-0.3, -0.25) is 4.79 Å². The van der Waals surface area contributed by atoms with Crippen LogP contribution in [-0.4, -0.2) is 52.3 Å². The molecule has 2 atom stereocenters. The van der Waals surface area contributed by atoms with Gasteiger partial charge in [0.05, 0.1) is 26.2 Å². The second-order valence-corrected chi connectivity index (χ2v) is 9.23. The molecule has 0 bridgehead atoms. The van der Waals surface area contributed by atoms with E-state index in [1.807, 2.05) is 24.3 Å². The number of carbonyl (C=O) groups is 1. The zero-order valence-corrected chi connectivity index (χ0v) is 20.4. The molecule has 0 aliphatic carbocycles. The van der Waals surface area contributed by atoms with Gasteiger partial charge in [0, 0.05) is 37.6 Å². The number of rotatable bonds is 7. The van der Waals surface area contributed by atoms with Crippen LogP contribution in [0.3, 0.4) is 0 Å². The Morgan fingerprint density at radius 3 is 2.31 bits per heavy atom. The third-order valence-corrected chi connectivity index (χ3v) is 7.27. The molecule has 0 unspecified atom stereocenters. The number of nitrogens with zero attached hydrogens (tertiary/aromatic N) is 2. The minimum absolute atomic E-state index is 0.0955. The summed E-state index contributed by atoms with van der Waals surface area (Å²) in [5.41, 5.74) is 4.89. The highest BCUT2D eigenvalue weighted by Crippen LogP contribution is 2.37. The van der Waals surface area contributed by atoms with Crippen molar-refractivity contribution < 1.29 is 14.3 Å². The van der Waals surface area contributed by atoms with Gasteiger partial charge in [-0.05, 0) is 66.4 Å². The lowest BCUT2D eigenvalue weighted by atomic mass is 9.83. The van der Waals surface area contributed by atoms with E-state index in [2.05, 4.69) is 63.6 Å². The maximum Gasteiger partial charge on any atom is 0.225 e. The molecule has 1 amide bonds. The summed E-state index contributed by atoms with van der Waals surface area (Å²) >= 11 is 0. The van der Waals surface area contributed by atoms with Crippen molar-refractivity contribution in [3.63, 3.8) is 0 Å². The van der Waals surface area contributed by atoms with Crippen LogP contribution in [0.15, 0.2) is 72.8 Å². The number of amides is 1. The second kappa shape index (κ2) is 10.3. The molecule has 182 valence electrons. The number of benzene rings is 3. The monoisotopic (exact) mass is 471 g/mol. The average Bonchev–Trinajstić information content (AvgIpc) is 2.92. The summed E-state index contributed by atoms with van der Waals surface area (Å²) in [6, 6.07) is 24.9. The fraction of sp³-hybridized carbons (Fsp3) is 0.345. The van der Waals surface area contributed by atoms with Crippen molar-refractivity contribution in [1.29, 1.82) is 0 Å². The van der Waals surface area contributed by atoms with E-state index in [0.29, 0.717) is 6.54 Å². The van der Waals surface area contributed by atoms with E-state index < -0.39 is 0 Å². The number of carbonyl (C=O) groups excluding carboxylic acids is 1. The summed E-state index contributed by atoms with van der Waals surface area (Å²) in [4.78, 5) is 18.3. The van der Waals surface area contributed by atoms with Gasteiger partial charge in [0.15, 0.2) is 0 Å². The highest BCUT2D eigenvalue weighted by Gasteiger charge is 2.41. The molecule has 35 heavy (non-hydrogen) atoms. The number of para-hydroxylation sites is 1. The summed E-state index contributed by atoms with van der Waals surface area (Å²) in [6.07, 6.45) is 1.56. The Kier molecular flexibility index (Phi) is 6.80. The minimum Gasteiger partial charge on any atom is -0.497 e. The maximum absolute atomic E-state index is 13.5. The topological polar surface area (TPSA) is 54.0 Å². The first-order valence-corrected chi connectivity index (χ1v) is 12.3. The van der Waals surface area contributed by atoms with Gasteiger partial charge in [0.1, 0.15) is 11.5 Å². The molecule has 5 rings (SSSR count). The second-order valence-electron chi connectivity index (χ2n) is 9.23. The molecule has 0 saturated carbocycles. The van der Waals surface area contributed by atoms with Crippen molar-refractivity contribution in [1.82, 2.24) is 5.32 Å². The summed E-state index contributed by atoms with van der Waals surface area (Å²) < 4.78 is 10.6. The normalized spacial score (nSPS) is 18.9. The van der Waals surface area contributed by atoms with Crippen molar-refractivity contribution >= 4 is 17.3 Å². The molecule has 6 heteroatoms. The fourth-order valence-electron chi connectivity index (χ4n) is 5.34. The molecule has 0 spiro atoms. The van der Waals surface area contributed by atoms with E-state index in [-0.39, 0.29) is 17.9 Å². The van der Waals surface area contributed by atoms with Crippen LogP contribution in [0.2, 0.25) is 0 Å². The fourth-order valence-corrected chi connectivity index (χ4v) is 5.34. The molecule has 2 aliphatic rings. The number of nitrogens with one attached hydrogen (secondary N) is 1. The molecular formula is C29H33N3O3. The van der Waals surface area contributed by atoms with E-state index in [1.165, 1.54) is 22.5 Å². The quantitative estimate of drug-likeness (QED) is 0.566. The maximum atomic E-state index is 13.5. The van der Waals surface area contributed by atoms with Crippen LogP contribution in [-0.2, 0) is 17.6 Å². The minimum atomic E-state index is -0.0955. The van der Waals surface area contributed by atoms with Gasteiger partial charge in [-0.25, -0.2) is 0 Å². The Morgan fingerprint density at radius 1 is 0.914 bits per heavy atom. The molecule has 0 radical (unpaired) electrons. The Bertz CT molecular complexity index is 1150. The zero-order chi connectivity index (χ0) is 24.2. The lowest BCUT2D eigenvalue weighted by Gasteiger charge is -2.49. The number of fused-ring (bicyclic) bond motifs is 3. The van der Waals surface area contributed by atoms with Gasteiger partial charge < -0.3 is 24.6 Å². The van der Waals surface area contributed by atoms with E-state index in [9.17, 15) is 4.79 Å². The standard InChI is InChI=1S/C29H33N3O3/c1-34-24-11-7-21(8-12-24)15-16-30-29(33)26-19-22-5-3-4-6-27(22)32-18-17-31(20-28(26)32)23-9-13-25(35-2)14-10-23/h3-14,26,28H,15-20H2,1-2H3,(H,30,33)/t26-,28+/m0/s1. The Hall–Kier alpha value is -3.67. The molecule has 3 aromatic rings. The van der Waals surface area contributed by atoms with Crippen LogP contribution < -0.4 is 24.6 Å². The van der Waals surface area contributed by atoms with Gasteiger partial charge in [-0.2, -0.15) is 0 Å². The van der Waals surface area contributed by atoms with Crippen molar-refractivity contribution in [2.45, 2.75) is 18.9 Å². The van der Waals surface area contributed by atoms with Crippen molar-refractivity contribution in [3.05, 3.63) is 83.9 Å². The van der Waals surface area contributed by atoms with Crippen LogP contribution >= 0.6 is 0 Å². The van der Waals surface area contributed by atoms with Crippen LogP contribution in [0.25, 0.3) is 0 Å². The van der Waals surface area contributed by atoms with Crippen molar-refractivity contribution in [2.24, 2.45) is 5.92 Å². The number of hydrogen-bond donors (Lipinski definition) is 1. The number of ether oxygens (including phenoxy) is 2. The number of methoxy groups -OCH3 is 2. The first kappa shape index (κ1) is 23.1. The third kappa shape index (κ3) is 4.92. The van der Waals surface area contributed by atoms with Gasteiger partial charge in [0.2, 0.25) is 5.91 Å². The van der Waals surface area contributed by atoms with Crippen LogP contribution in [0, 0.1) is 5.92 Å². The zero-order valence-electron chi connectivity index (χ0n) is 20.4. The number of hydrogen-bond acceptors (Lipinski definition) is 5. The SMILES string of the molecule is COc1ccc(CCNC(=O)[C@H]2Cc3ccccc3N3CCN(c4ccc(OC)cc4)C[C@H]23)cc1. The Labute approximate surface area is 207 Å². The molecular weight excluding hydrogens is 438 g/mol. The number of piperazine rings is 1. The molecule has 2 heterocycles. The molecule has 3 aromatic carbocycles. The predicted octanol–water partition coefficient (Wildman–Crippen LogP) is 3.93. The number of anilines is 2. The van der Waals surface area contributed by atoms with Gasteiger partial charge in [-0.15, -0.1) is 0 Å². The smallest absolute Gasteiger partial charge is 0.225 e. The molecule has 6 nitrogen and oxygen atoms in total. The first-order chi connectivity index (χ1) is 17.2. The molecule has 1 saturated heterocycles. The molecule has 2 aliphatic heterocycles. The van der Waals surface area contributed by atoms with Gasteiger partial charge in [0.25, 0.3) is 0 Å². The van der Waals surface area contributed by atoms with Crippen LogP contribution in [0.1, 0.15) is 11.1 Å². The molecule has 1 N–H and O–H groups in total. The van der Waals surface area contributed by atoms with E-state index in [1.54, 1.807) is 14.2 Å². The molecule has 0 aromatic heterocycles. The average molecular weight is 472 g/mol. The van der Waals surface area contributed by atoms with Gasteiger partial charge in [-0.1, -0.05) is 30.3 Å². The summed E-state index contributed by atoms with van der Waals surface area (Å²) in [6.45, 7) is 3.25. The van der Waals surface area contributed by atoms with Crippen LogP contribution in [0.4, 0.5) is 11.4 Å². The lowest BCUT2D eigenvalue weighted by molar-refractivity contribution is -0.125.